The number of rotatable bonds is 2. The zero-order valence-corrected chi connectivity index (χ0v) is 28.0. The molecule has 0 aromatic heterocycles. The average Bonchev–Trinajstić information content (AvgIpc) is 3.06. The number of fused-ring (bicyclic) bond motifs is 2. The summed E-state index contributed by atoms with van der Waals surface area (Å²) in [6.45, 7) is 18.5. The van der Waals surface area contributed by atoms with Crippen molar-refractivity contribution < 1.29 is 27.8 Å². The van der Waals surface area contributed by atoms with Crippen LogP contribution in [0, 0.1) is 13.8 Å². The van der Waals surface area contributed by atoms with Gasteiger partial charge in [-0.05, 0) is 0 Å². The molecule has 41 heavy (non-hydrogen) atoms. The van der Waals surface area contributed by atoms with Crippen molar-refractivity contribution in [3.8, 4) is 11.5 Å². The minimum atomic E-state index is -5.27. The van der Waals surface area contributed by atoms with E-state index in [-0.39, 0.29) is 23.0 Å². The number of ether oxygens (including phenoxy) is 2. The van der Waals surface area contributed by atoms with Gasteiger partial charge in [-0.25, -0.2) is 0 Å². The third-order valence-electron chi connectivity index (χ3n) is 6.64. The maximum atomic E-state index is 13.7. The molecule has 0 saturated heterocycles. The van der Waals surface area contributed by atoms with Crippen LogP contribution in [0.1, 0.15) is 103 Å². The summed E-state index contributed by atoms with van der Waals surface area (Å²) in [5.41, 5.74) is 5.05. The molecule has 0 aliphatic carbocycles. The van der Waals surface area contributed by atoms with Gasteiger partial charge in [0.2, 0.25) is 0 Å². The topological polar surface area (TPSA) is 78.8 Å². The van der Waals surface area contributed by atoms with E-state index in [0.717, 1.165) is 38.2 Å². The summed E-state index contributed by atoms with van der Waals surface area (Å²) in [5.74, 6) is 0.979. The minimum absolute atomic E-state index is 0.231. The Morgan fingerprint density at radius 2 is 1.32 bits per heavy atom. The van der Waals surface area contributed by atoms with E-state index in [2.05, 4.69) is 84.8 Å². The molecule has 1 amide bonds. The van der Waals surface area contributed by atoms with Crippen LogP contribution in [0.5, 0.6) is 11.5 Å². The van der Waals surface area contributed by atoms with E-state index in [1.54, 1.807) is 13.8 Å². The number of hydrogen-bond acceptors (Lipinski definition) is 7. The molecule has 0 unspecified atom stereocenters. The van der Waals surface area contributed by atoms with Gasteiger partial charge in [-0.15, -0.1) is 0 Å². The van der Waals surface area contributed by atoms with Gasteiger partial charge < -0.3 is 0 Å². The molecular formula is C31H44ClN2O6P. The first-order valence-electron chi connectivity index (χ1n) is 14.1. The predicted molar refractivity (Wildman–Crippen MR) is 165 cm³/mol. The van der Waals surface area contributed by atoms with Crippen molar-refractivity contribution in [2.45, 2.75) is 113 Å². The van der Waals surface area contributed by atoms with Crippen LogP contribution in [0.4, 0.5) is 4.79 Å². The Kier molecular flexibility index (Phi) is 7.80. The summed E-state index contributed by atoms with van der Waals surface area (Å²) in [6.07, 6.45) is -1.37. The summed E-state index contributed by atoms with van der Waals surface area (Å²) in [6, 6.07) is 8.30. The van der Waals surface area contributed by atoms with Gasteiger partial charge in [-0.3, -0.25) is 0 Å². The van der Waals surface area contributed by atoms with Gasteiger partial charge in [0, 0.05) is 0 Å². The molecule has 0 radical (unpaired) electrons. The second kappa shape index (κ2) is 10.2. The number of halogens is 1. The van der Waals surface area contributed by atoms with Crippen molar-refractivity contribution in [1.82, 2.24) is 4.78 Å². The van der Waals surface area contributed by atoms with E-state index < -0.39 is 19.0 Å². The molecule has 8 nitrogen and oxygen atoms in total. The number of nitrogens with zero attached hydrogens (tertiary/aromatic N) is 2. The van der Waals surface area contributed by atoms with Crippen molar-refractivity contribution in [2.75, 3.05) is 0 Å². The molecule has 0 saturated carbocycles. The van der Waals surface area contributed by atoms with Gasteiger partial charge in [-0.2, -0.15) is 0 Å². The molecule has 226 valence electrons. The zero-order chi connectivity index (χ0) is 30.7. The van der Waals surface area contributed by atoms with Crippen LogP contribution in [0.2, 0.25) is 0 Å². The molecule has 2 aliphatic heterocycles. The van der Waals surface area contributed by atoms with Crippen LogP contribution in [0.3, 0.4) is 0 Å². The first-order valence-corrected chi connectivity index (χ1v) is 16.9. The quantitative estimate of drug-likeness (QED) is 0.317. The monoisotopic (exact) mass is 606 g/mol. The van der Waals surface area contributed by atoms with Crippen molar-refractivity contribution in [3.63, 3.8) is 0 Å². The number of benzene rings is 2. The van der Waals surface area contributed by atoms with Crippen molar-refractivity contribution in [1.29, 1.82) is 0 Å². The number of carbonyl (C=O) groups excluding carboxylic acids is 1. The Hall–Kier alpha value is -2.70. The van der Waals surface area contributed by atoms with Gasteiger partial charge in [-0.1, -0.05) is 0 Å². The number of hydrogen-bond donors (Lipinski definition) is 0. The molecule has 2 aliphatic rings. The van der Waals surface area contributed by atoms with Crippen molar-refractivity contribution >= 4 is 30.2 Å². The van der Waals surface area contributed by atoms with Crippen molar-refractivity contribution in [3.05, 3.63) is 57.6 Å². The molecule has 10 heteroatoms. The number of carbonyl (C=O) groups is 1. The van der Waals surface area contributed by atoms with Crippen molar-refractivity contribution in [2.24, 2.45) is 5.10 Å². The predicted octanol–water partition coefficient (Wildman–Crippen LogP) is 9.20. The molecule has 0 bridgehead atoms. The first kappa shape index (κ1) is 31.2. The number of aryl methyl sites for hydroxylation is 2. The summed E-state index contributed by atoms with van der Waals surface area (Å²) < 4.78 is 32.4. The van der Waals surface area contributed by atoms with Gasteiger partial charge >= 0.3 is 250 Å². The number of hydrazone groups is 1. The third kappa shape index (κ3) is 6.10. The van der Waals surface area contributed by atoms with E-state index in [4.69, 9.17) is 34.3 Å². The van der Waals surface area contributed by atoms with Gasteiger partial charge in [0.1, 0.15) is 0 Å². The molecule has 2 heterocycles. The SMILES string of the molecule is Cc1cc2c(c(C(C)(C)C)c1)OP1(Cl)(OC(OC(C)C)=NN1C(=O)OC(C)C)Oc1c(cc(C)cc1C(C)(C)C)C2. The van der Waals surface area contributed by atoms with Crippen LogP contribution in [-0.4, -0.2) is 29.2 Å². The molecule has 4 rings (SSSR count). The Bertz CT molecular complexity index is 1340. The standard InChI is InChI=1S/C31H44ClN2O6P/c1-18(2)36-28-33-34(29(35)37-19(3)4)41(32,40-28)38-26-22(13-20(5)15-24(26)30(7,8)9)17-23-14-21(6)16-25(27(23)39-41)31(10,11)12/h13-16,18-19H,17H2,1-12H3. The molecule has 2 aromatic carbocycles. The fraction of sp³-hybridized carbons (Fsp3) is 0.548. The average molecular weight is 607 g/mol. The van der Waals surface area contributed by atoms with Gasteiger partial charge in [0.15, 0.2) is 0 Å². The van der Waals surface area contributed by atoms with Gasteiger partial charge in [0.25, 0.3) is 0 Å². The molecule has 0 N–H and O–H groups in total. The van der Waals surface area contributed by atoms with Crippen LogP contribution in [0.25, 0.3) is 0 Å². The second-order valence-corrected chi connectivity index (χ2v) is 17.7. The Morgan fingerprint density at radius 3 is 1.71 bits per heavy atom. The third-order valence-corrected chi connectivity index (χ3v) is 9.98. The van der Waals surface area contributed by atoms with E-state index in [1.807, 2.05) is 13.8 Å². The molecular weight excluding hydrogens is 563 g/mol. The van der Waals surface area contributed by atoms with Crippen LogP contribution < -0.4 is 9.05 Å². The van der Waals surface area contributed by atoms with E-state index >= 15 is 0 Å². The second-order valence-electron chi connectivity index (χ2n) is 13.6. The first-order chi connectivity index (χ1) is 18.7. The summed E-state index contributed by atoms with van der Waals surface area (Å²) in [4.78, 5) is 13.7. The number of amides is 1. The van der Waals surface area contributed by atoms with Crippen LogP contribution in [0.15, 0.2) is 29.4 Å². The molecule has 0 atom stereocenters. The fourth-order valence-electron chi connectivity index (χ4n) is 4.93. The summed E-state index contributed by atoms with van der Waals surface area (Å²) in [5, 5.41) is 4.37. The summed E-state index contributed by atoms with van der Waals surface area (Å²) >= 11 is 7.64. The van der Waals surface area contributed by atoms with Crippen LogP contribution in [-0.2, 0) is 31.2 Å². The maximum absolute atomic E-state index is 13.7. The summed E-state index contributed by atoms with van der Waals surface area (Å²) in [7, 11) is 0. The molecule has 0 fully saturated rings. The van der Waals surface area contributed by atoms with E-state index in [1.165, 1.54) is 0 Å². The van der Waals surface area contributed by atoms with E-state index in [9.17, 15) is 4.79 Å². The van der Waals surface area contributed by atoms with Crippen LogP contribution >= 0.6 is 18.0 Å². The normalized spacial score (nSPS) is 18.6. The Morgan fingerprint density at radius 1 is 0.854 bits per heavy atom. The van der Waals surface area contributed by atoms with Gasteiger partial charge in [0.05, 0.1) is 0 Å². The Labute approximate surface area is 249 Å². The zero-order valence-electron chi connectivity index (χ0n) is 26.3. The fourth-order valence-corrected chi connectivity index (χ4v) is 8.04. The van der Waals surface area contributed by atoms with E-state index in [0.29, 0.717) is 17.9 Å². The molecule has 2 aromatic rings. The Balaban J connectivity index is 2.12. The molecule has 1 spiro atoms.